The van der Waals surface area contributed by atoms with Gasteiger partial charge in [0.25, 0.3) is 0 Å². The van der Waals surface area contributed by atoms with Crippen LogP contribution in [0.3, 0.4) is 0 Å². The second-order valence-electron chi connectivity index (χ2n) is 8.38. The molecule has 0 saturated carbocycles. The number of aliphatic hydroxyl groups is 7. The van der Waals surface area contributed by atoms with E-state index in [1.165, 1.54) is 24.3 Å². The number of nitrogens with zero attached hydrogens (tertiary/aromatic N) is 3. The maximum Gasteiger partial charge on any atom is 0.227 e. The van der Waals surface area contributed by atoms with Crippen LogP contribution in [-0.2, 0) is 19.3 Å². The van der Waals surface area contributed by atoms with Crippen LogP contribution in [0.1, 0.15) is 6.04 Å². The van der Waals surface area contributed by atoms with Crippen LogP contribution in [0, 0.1) is 0 Å². The monoisotopic (exact) mass is 549 g/mol. The van der Waals surface area contributed by atoms with Crippen LogP contribution in [0.25, 0.3) is 0 Å². The Hall–Kier alpha value is -1.70. The van der Waals surface area contributed by atoms with E-state index in [2.05, 4.69) is 10.3 Å². The molecule has 10 atom stereocenters. The second kappa shape index (κ2) is 11.0. The zero-order valence-electron chi connectivity index (χ0n) is 18.6. The molecule has 0 aliphatic carbocycles. The first-order chi connectivity index (χ1) is 17.1. The maximum absolute atomic E-state index is 12.9. The number of hydrogen-bond donors (Lipinski definition) is 7. The van der Waals surface area contributed by atoms with Gasteiger partial charge in [0.15, 0.2) is 0 Å². The minimum atomic E-state index is -4.05. The topological polar surface area (TPSA) is 225 Å². The van der Waals surface area contributed by atoms with Crippen LogP contribution in [0.4, 0.5) is 0 Å². The molecule has 200 valence electrons. The molecule has 2 aliphatic rings. The first-order valence-electron chi connectivity index (χ1n) is 10.9. The summed E-state index contributed by atoms with van der Waals surface area (Å²) in [5.41, 5.74) is -2.56. The first-order valence-corrected chi connectivity index (χ1v) is 13.3. The van der Waals surface area contributed by atoms with Crippen molar-refractivity contribution in [3.05, 3.63) is 36.5 Å². The van der Waals surface area contributed by atoms with Gasteiger partial charge >= 0.3 is 0 Å². The van der Waals surface area contributed by atoms with E-state index >= 15 is 0 Å². The number of ether oxygens (including phenoxy) is 2. The predicted molar refractivity (Wildman–Crippen MR) is 120 cm³/mol. The Morgan fingerprint density at radius 1 is 0.833 bits per heavy atom. The van der Waals surface area contributed by atoms with E-state index in [4.69, 9.17) is 9.47 Å². The molecule has 16 heteroatoms. The zero-order chi connectivity index (χ0) is 26.2. The van der Waals surface area contributed by atoms with Crippen molar-refractivity contribution < 1.29 is 53.6 Å². The molecule has 2 saturated heterocycles. The van der Waals surface area contributed by atoms with Crippen molar-refractivity contribution in [2.75, 3.05) is 13.2 Å². The number of aliphatic hydroxyl groups excluding tert-OH is 7. The van der Waals surface area contributed by atoms with Gasteiger partial charge in [-0.25, -0.2) is 13.1 Å². The third-order valence-corrected chi connectivity index (χ3v) is 9.04. The Morgan fingerprint density at radius 2 is 1.42 bits per heavy atom. The molecule has 1 aromatic carbocycles. The number of thioether (sulfide) groups is 1. The number of benzene rings is 1. The van der Waals surface area contributed by atoms with Gasteiger partial charge in [0.05, 0.1) is 24.3 Å². The first kappa shape index (κ1) is 27.3. The lowest BCUT2D eigenvalue weighted by atomic mass is 9.97. The molecule has 2 aromatic rings. The third-order valence-electron chi connectivity index (χ3n) is 6.09. The Labute approximate surface area is 209 Å². The largest absolute Gasteiger partial charge is 0.394 e. The molecule has 2 aliphatic heterocycles. The molecular formula is C20H27N3O11S2. The summed E-state index contributed by atoms with van der Waals surface area (Å²) in [4.78, 5) is -0.0330. The zero-order valence-corrected chi connectivity index (χ0v) is 20.2. The summed E-state index contributed by atoms with van der Waals surface area (Å²) in [6, 6.07) is 6.15. The lowest BCUT2D eigenvalue weighted by Gasteiger charge is -2.45. The Balaban J connectivity index is 1.59. The SMILES string of the molecule is O=S(=O)(c1ccccc1)c1cn([C@H]2[C@@H](O)[C@@H](CO)O[C@@H](S[C@@H]3O[C@H](CO)[C@@H](O)[C@H](O)[C@H]3O)[C@@H]2O)nn1. The molecule has 0 unspecified atom stereocenters. The highest BCUT2D eigenvalue weighted by atomic mass is 32.2. The fourth-order valence-corrected chi connectivity index (χ4v) is 6.52. The fourth-order valence-electron chi connectivity index (χ4n) is 4.05. The normalized spacial score (nSPS) is 37.6. The molecule has 2 fully saturated rings. The molecule has 0 radical (unpaired) electrons. The Morgan fingerprint density at radius 3 is 2.03 bits per heavy atom. The summed E-state index contributed by atoms with van der Waals surface area (Å²) in [5, 5.41) is 78.3. The molecule has 0 bridgehead atoms. The lowest BCUT2D eigenvalue weighted by Crippen LogP contribution is -2.59. The van der Waals surface area contributed by atoms with Crippen LogP contribution in [0.5, 0.6) is 0 Å². The molecule has 3 heterocycles. The summed E-state index contributed by atoms with van der Waals surface area (Å²) < 4.78 is 37.7. The second-order valence-corrected chi connectivity index (χ2v) is 11.5. The van der Waals surface area contributed by atoms with Crippen LogP contribution in [-0.4, -0.2) is 126 Å². The number of sulfone groups is 1. The maximum atomic E-state index is 12.9. The highest BCUT2D eigenvalue weighted by molar-refractivity contribution is 8.00. The summed E-state index contributed by atoms with van der Waals surface area (Å²) in [7, 11) is -4.05. The van der Waals surface area contributed by atoms with Crippen molar-refractivity contribution in [1.29, 1.82) is 0 Å². The Bertz CT molecular complexity index is 1120. The molecule has 1 aromatic heterocycles. The number of hydrogen-bond acceptors (Lipinski definition) is 14. The smallest absolute Gasteiger partial charge is 0.227 e. The van der Waals surface area contributed by atoms with Gasteiger partial charge in [-0.15, -0.1) is 5.10 Å². The van der Waals surface area contributed by atoms with E-state index in [0.29, 0.717) is 11.8 Å². The standard InChI is InChI=1S/C20H27N3O11S2/c24-7-10-14(26)13(23-6-12(21-22-23)36(31,32)9-4-2-1-3-5-9)16(28)19(33-10)35-20-18(30)17(29)15(27)11(8-25)34-20/h1-6,10-11,13-20,24-30H,7-8H2/t10-,11-,13+,14+,15-,16-,17+,18-,19+,20+/m1/s1. The van der Waals surface area contributed by atoms with Crippen molar-refractivity contribution in [2.24, 2.45) is 0 Å². The predicted octanol–water partition coefficient (Wildman–Crippen LogP) is -3.38. The van der Waals surface area contributed by atoms with Gasteiger partial charge in [-0.1, -0.05) is 35.2 Å². The van der Waals surface area contributed by atoms with Gasteiger partial charge < -0.3 is 45.2 Å². The van der Waals surface area contributed by atoms with E-state index in [-0.39, 0.29) is 4.90 Å². The van der Waals surface area contributed by atoms with Crippen LogP contribution in [0.2, 0.25) is 0 Å². The molecule has 14 nitrogen and oxygen atoms in total. The fraction of sp³-hybridized carbons (Fsp3) is 0.600. The van der Waals surface area contributed by atoms with Gasteiger partial charge in [0.1, 0.15) is 59.6 Å². The van der Waals surface area contributed by atoms with E-state index in [1.54, 1.807) is 6.07 Å². The van der Waals surface area contributed by atoms with Crippen LogP contribution < -0.4 is 0 Å². The summed E-state index contributed by atoms with van der Waals surface area (Å²) in [6.45, 7) is -1.34. The number of rotatable bonds is 7. The lowest BCUT2D eigenvalue weighted by molar-refractivity contribution is -0.208. The number of aromatic nitrogens is 3. The van der Waals surface area contributed by atoms with E-state index in [0.717, 1.165) is 10.9 Å². The summed E-state index contributed by atoms with van der Waals surface area (Å²) in [6.07, 6.45) is -9.41. The molecule has 36 heavy (non-hydrogen) atoms. The van der Waals surface area contributed by atoms with Gasteiger partial charge in [-0.05, 0) is 12.1 Å². The highest BCUT2D eigenvalue weighted by Crippen LogP contribution is 2.39. The quantitative estimate of drug-likeness (QED) is 0.179. The van der Waals surface area contributed by atoms with Crippen LogP contribution >= 0.6 is 11.8 Å². The van der Waals surface area contributed by atoms with E-state index in [9.17, 15) is 44.2 Å². The van der Waals surface area contributed by atoms with Gasteiger partial charge in [0.2, 0.25) is 14.9 Å². The average molecular weight is 550 g/mol. The van der Waals surface area contributed by atoms with Crippen molar-refractivity contribution in [2.45, 2.75) is 69.6 Å². The average Bonchev–Trinajstić information content (AvgIpc) is 3.37. The Kier molecular flexibility index (Phi) is 8.32. The summed E-state index contributed by atoms with van der Waals surface area (Å²) >= 11 is 0.683. The van der Waals surface area contributed by atoms with E-state index in [1.807, 2.05) is 0 Å². The summed E-state index contributed by atoms with van der Waals surface area (Å²) in [5.74, 6) is 0. The molecule has 0 amide bonds. The molecule has 7 N–H and O–H groups in total. The van der Waals surface area contributed by atoms with Crippen molar-refractivity contribution >= 4 is 21.6 Å². The minimum absolute atomic E-state index is 0.0330. The van der Waals surface area contributed by atoms with Crippen molar-refractivity contribution in [3.63, 3.8) is 0 Å². The van der Waals surface area contributed by atoms with E-state index < -0.39 is 87.7 Å². The molecule has 4 rings (SSSR count). The molecular weight excluding hydrogens is 522 g/mol. The van der Waals surface area contributed by atoms with Gasteiger partial charge in [-0.2, -0.15) is 0 Å². The molecule has 0 spiro atoms. The van der Waals surface area contributed by atoms with Crippen molar-refractivity contribution in [3.8, 4) is 0 Å². The minimum Gasteiger partial charge on any atom is -0.394 e. The van der Waals surface area contributed by atoms with Gasteiger partial charge in [0, 0.05) is 0 Å². The van der Waals surface area contributed by atoms with Gasteiger partial charge in [-0.3, -0.25) is 0 Å². The van der Waals surface area contributed by atoms with Crippen LogP contribution in [0.15, 0.2) is 46.5 Å². The third kappa shape index (κ3) is 5.03. The van der Waals surface area contributed by atoms with Crippen molar-refractivity contribution in [1.82, 2.24) is 15.0 Å². The highest BCUT2D eigenvalue weighted by Gasteiger charge is 2.50.